The Morgan fingerprint density at radius 3 is 2.80 bits per heavy atom. The van der Waals surface area contributed by atoms with E-state index in [0.29, 0.717) is 12.0 Å². The zero-order valence-corrected chi connectivity index (χ0v) is 14.4. The minimum absolute atomic E-state index is 0.556. The molecule has 4 heteroatoms. The Hall–Kier alpha value is -0.610. The van der Waals surface area contributed by atoms with Gasteiger partial charge in [0.1, 0.15) is 0 Å². The fourth-order valence-corrected chi connectivity index (χ4v) is 4.20. The molecule has 0 saturated carbocycles. The van der Waals surface area contributed by atoms with Gasteiger partial charge in [-0.05, 0) is 45.1 Å². The minimum atomic E-state index is 0.556. The highest BCUT2D eigenvalue weighted by Gasteiger charge is 2.27. The van der Waals surface area contributed by atoms with Gasteiger partial charge in [-0.2, -0.15) is 0 Å². The van der Waals surface area contributed by atoms with Crippen LogP contribution in [0.15, 0.2) is 0 Å². The first-order valence-electron chi connectivity index (χ1n) is 7.97. The van der Waals surface area contributed by atoms with Gasteiger partial charge in [-0.1, -0.05) is 20.8 Å². The van der Waals surface area contributed by atoms with Crippen LogP contribution in [0.2, 0.25) is 0 Å². The van der Waals surface area contributed by atoms with Crippen molar-refractivity contribution in [1.29, 1.82) is 0 Å². The maximum Gasteiger partial charge on any atom is 0.186 e. The van der Waals surface area contributed by atoms with Gasteiger partial charge in [0.15, 0.2) is 5.13 Å². The zero-order valence-electron chi connectivity index (χ0n) is 13.6. The monoisotopic (exact) mass is 295 g/mol. The number of nitrogens with zero attached hydrogens (tertiary/aromatic N) is 2. The van der Waals surface area contributed by atoms with Crippen LogP contribution in [0.3, 0.4) is 0 Å². The largest absolute Gasteiger partial charge is 0.345 e. The number of rotatable bonds is 5. The van der Waals surface area contributed by atoms with Crippen LogP contribution in [-0.4, -0.2) is 24.6 Å². The number of hydrogen-bond acceptors (Lipinski definition) is 4. The Bertz CT molecular complexity index is 429. The van der Waals surface area contributed by atoms with E-state index in [4.69, 9.17) is 4.98 Å². The van der Waals surface area contributed by atoms with Gasteiger partial charge >= 0.3 is 0 Å². The summed E-state index contributed by atoms with van der Waals surface area (Å²) in [6.45, 7) is 11.3. The maximum absolute atomic E-state index is 5.01. The van der Waals surface area contributed by atoms with Gasteiger partial charge < -0.3 is 10.2 Å². The summed E-state index contributed by atoms with van der Waals surface area (Å²) in [5.74, 6) is 1.34. The van der Waals surface area contributed by atoms with Gasteiger partial charge in [-0.15, -0.1) is 11.3 Å². The Morgan fingerprint density at radius 1 is 1.40 bits per heavy atom. The molecular weight excluding hydrogens is 266 g/mol. The first-order valence-corrected chi connectivity index (χ1v) is 8.79. The van der Waals surface area contributed by atoms with E-state index in [0.717, 1.165) is 25.4 Å². The molecule has 0 amide bonds. The molecule has 2 heterocycles. The van der Waals surface area contributed by atoms with E-state index < -0.39 is 0 Å². The summed E-state index contributed by atoms with van der Waals surface area (Å²) < 4.78 is 0. The number of hydrogen-bond donors (Lipinski definition) is 1. The summed E-state index contributed by atoms with van der Waals surface area (Å²) >= 11 is 1.89. The fraction of sp³-hybridized carbons (Fsp3) is 0.812. The highest BCUT2D eigenvalue weighted by molar-refractivity contribution is 7.15. The lowest BCUT2D eigenvalue weighted by Gasteiger charge is -2.36. The first kappa shape index (κ1) is 15.8. The van der Waals surface area contributed by atoms with Crippen LogP contribution in [-0.2, 0) is 6.54 Å². The lowest BCUT2D eigenvalue weighted by Crippen LogP contribution is -2.41. The van der Waals surface area contributed by atoms with Gasteiger partial charge in [-0.3, -0.25) is 0 Å². The average Bonchev–Trinajstić information content (AvgIpc) is 2.85. The number of nitrogens with one attached hydrogen (secondary N) is 1. The van der Waals surface area contributed by atoms with Crippen LogP contribution < -0.4 is 10.2 Å². The fourth-order valence-electron chi connectivity index (χ4n) is 2.89. The third kappa shape index (κ3) is 3.34. The predicted octanol–water partition coefficient (Wildman–Crippen LogP) is 4.00. The number of anilines is 1. The van der Waals surface area contributed by atoms with Crippen molar-refractivity contribution < 1.29 is 0 Å². The van der Waals surface area contributed by atoms with Gasteiger partial charge in [0.25, 0.3) is 0 Å². The average molecular weight is 295 g/mol. The van der Waals surface area contributed by atoms with E-state index in [9.17, 15) is 0 Å². The molecule has 0 radical (unpaired) electrons. The van der Waals surface area contributed by atoms with Crippen molar-refractivity contribution in [3.8, 4) is 0 Å². The molecule has 114 valence electrons. The van der Waals surface area contributed by atoms with E-state index in [1.54, 1.807) is 0 Å². The van der Waals surface area contributed by atoms with E-state index in [1.807, 2.05) is 18.4 Å². The van der Waals surface area contributed by atoms with Gasteiger partial charge in [0.2, 0.25) is 0 Å². The molecule has 3 nitrogen and oxygen atoms in total. The Balaban J connectivity index is 2.27. The normalized spacial score (nSPS) is 24.9. The Kier molecular flexibility index (Phi) is 5.44. The Morgan fingerprint density at radius 2 is 2.15 bits per heavy atom. The molecule has 0 aromatic carbocycles. The quantitative estimate of drug-likeness (QED) is 0.890. The molecule has 0 aliphatic carbocycles. The lowest BCUT2D eigenvalue weighted by atomic mass is 9.96. The molecule has 1 N–H and O–H groups in total. The second-order valence-corrected chi connectivity index (χ2v) is 7.39. The molecule has 1 saturated heterocycles. The number of aromatic nitrogens is 1. The molecule has 1 aromatic rings. The topological polar surface area (TPSA) is 28.2 Å². The molecule has 0 spiro atoms. The van der Waals surface area contributed by atoms with Crippen LogP contribution in [0.4, 0.5) is 5.13 Å². The summed E-state index contributed by atoms with van der Waals surface area (Å²) in [6.07, 6.45) is 3.80. The minimum Gasteiger partial charge on any atom is -0.345 e. The highest BCUT2D eigenvalue weighted by atomic mass is 32.1. The standard InChI is InChI=1S/C16H29N3S/c1-6-12(3)15-14(9-17-5)20-16(18-15)19-10-11(2)7-8-13(19)4/h11-13,17H,6-10H2,1-5H3. The SMILES string of the molecule is CCC(C)c1nc(N2CC(C)CCC2C)sc1CNC. The van der Waals surface area contributed by atoms with Gasteiger partial charge in [0.05, 0.1) is 5.69 Å². The molecule has 1 aromatic heterocycles. The van der Waals surface area contributed by atoms with Crippen LogP contribution >= 0.6 is 11.3 Å². The molecule has 3 unspecified atom stereocenters. The summed E-state index contributed by atoms with van der Waals surface area (Å²) in [4.78, 5) is 8.96. The van der Waals surface area contributed by atoms with Crippen LogP contribution in [0.25, 0.3) is 0 Å². The number of thiazole rings is 1. The van der Waals surface area contributed by atoms with E-state index in [-0.39, 0.29) is 0 Å². The van der Waals surface area contributed by atoms with Crippen molar-refractivity contribution in [1.82, 2.24) is 10.3 Å². The third-order valence-electron chi connectivity index (χ3n) is 4.50. The smallest absolute Gasteiger partial charge is 0.186 e. The molecule has 2 rings (SSSR count). The second kappa shape index (κ2) is 6.90. The number of piperidine rings is 1. The van der Waals surface area contributed by atoms with Crippen molar-refractivity contribution in [2.75, 3.05) is 18.5 Å². The maximum atomic E-state index is 5.01. The summed E-state index contributed by atoms with van der Waals surface area (Å²) in [5, 5.41) is 4.53. The molecular formula is C16H29N3S. The molecule has 1 aliphatic heterocycles. The van der Waals surface area contributed by atoms with E-state index in [1.165, 1.54) is 28.5 Å². The van der Waals surface area contributed by atoms with Crippen LogP contribution in [0.5, 0.6) is 0 Å². The van der Waals surface area contributed by atoms with Gasteiger partial charge in [0, 0.05) is 24.0 Å². The summed E-state index contributed by atoms with van der Waals surface area (Å²) in [6, 6.07) is 0.629. The van der Waals surface area contributed by atoms with E-state index in [2.05, 4.69) is 37.9 Å². The Labute approximate surface area is 127 Å². The summed E-state index contributed by atoms with van der Waals surface area (Å²) in [5.41, 5.74) is 1.31. The van der Waals surface area contributed by atoms with Crippen molar-refractivity contribution in [3.05, 3.63) is 10.6 Å². The molecule has 0 bridgehead atoms. The predicted molar refractivity (Wildman–Crippen MR) is 88.8 cm³/mol. The second-order valence-electron chi connectivity index (χ2n) is 6.33. The zero-order chi connectivity index (χ0) is 14.7. The van der Waals surface area contributed by atoms with Crippen LogP contribution in [0, 0.1) is 5.92 Å². The lowest BCUT2D eigenvalue weighted by molar-refractivity contribution is 0.390. The summed E-state index contributed by atoms with van der Waals surface area (Å²) in [7, 11) is 2.02. The van der Waals surface area contributed by atoms with Crippen molar-refractivity contribution in [3.63, 3.8) is 0 Å². The van der Waals surface area contributed by atoms with Crippen molar-refractivity contribution in [2.45, 2.75) is 65.5 Å². The van der Waals surface area contributed by atoms with Gasteiger partial charge in [-0.25, -0.2) is 4.98 Å². The molecule has 1 aliphatic rings. The highest BCUT2D eigenvalue weighted by Crippen LogP contribution is 2.35. The third-order valence-corrected chi connectivity index (χ3v) is 5.60. The van der Waals surface area contributed by atoms with Crippen LogP contribution in [0.1, 0.15) is 63.4 Å². The van der Waals surface area contributed by atoms with Crippen molar-refractivity contribution >= 4 is 16.5 Å². The van der Waals surface area contributed by atoms with Crippen molar-refractivity contribution in [2.24, 2.45) is 5.92 Å². The molecule has 3 atom stereocenters. The first-order chi connectivity index (χ1) is 9.56. The molecule has 20 heavy (non-hydrogen) atoms. The van der Waals surface area contributed by atoms with E-state index >= 15 is 0 Å². The molecule has 1 fully saturated rings.